The molecule has 4 heteroatoms. The van der Waals surface area contributed by atoms with Crippen LogP contribution in [-0.2, 0) is 19.5 Å². The first kappa shape index (κ1) is 15.1. The molecule has 2 nitrogen and oxygen atoms in total. The average Bonchev–Trinajstić information content (AvgIpc) is 2.98. The van der Waals surface area contributed by atoms with E-state index in [1.165, 1.54) is 23.8 Å². The van der Waals surface area contributed by atoms with Crippen LogP contribution in [0.15, 0.2) is 54.6 Å². The average molecular weight is 324 g/mol. The van der Waals surface area contributed by atoms with Crippen LogP contribution in [0.4, 0.5) is 8.78 Å². The maximum atomic E-state index is 14.0. The zero-order valence-corrected chi connectivity index (χ0v) is 13.2. The van der Waals surface area contributed by atoms with Crippen LogP contribution < -0.4 is 0 Å². The number of benzene rings is 2. The molecule has 0 spiro atoms. The summed E-state index contributed by atoms with van der Waals surface area (Å²) in [6, 6.07) is 16.2. The van der Waals surface area contributed by atoms with Crippen molar-refractivity contribution in [3.05, 3.63) is 83.1 Å². The van der Waals surface area contributed by atoms with Crippen LogP contribution in [0.3, 0.4) is 0 Å². The van der Waals surface area contributed by atoms with Gasteiger partial charge in [0.25, 0.3) is 0 Å². The van der Waals surface area contributed by atoms with Crippen LogP contribution in [-0.4, -0.2) is 16.4 Å². The summed E-state index contributed by atoms with van der Waals surface area (Å²) in [5.74, 6) is -1.07. The number of hydrogen-bond acceptors (Lipinski definition) is 1. The van der Waals surface area contributed by atoms with Crippen molar-refractivity contribution in [2.45, 2.75) is 19.5 Å². The summed E-state index contributed by atoms with van der Waals surface area (Å²) in [6.07, 6.45) is 0.859. The summed E-state index contributed by atoms with van der Waals surface area (Å²) in [4.78, 5) is 5.56. The van der Waals surface area contributed by atoms with Gasteiger partial charge in [0.1, 0.15) is 11.6 Å². The van der Waals surface area contributed by atoms with Crippen LogP contribution in [0.25, 0.3) is 11.3 Å². The highest BCUT2D eigenvalue weighted by Crippen LogP contribution is 2.30. The molecule has 0 atom stereocenters. The Kier molecular flexibility index (Phi) is 3.90. The Morgan fingerprint density at radius 2 is 1.71 bits per heavy atom. The van der Waals surface area contributed by atoms with E-state index in [1.54, 1.807) is 0 Å². The largest absolute Gasteiger partial charge is 0.358 e. The van der Waals surface area contributed by atoms with Crippen molar-refractivity contribution in [1.82, 2.24) is 9.88 Å². The summed E-state index contributed by atoms with van der Waals surface area (Å²) in [5.41, 5.74) is 4.03. The van der Waals surface area contributed by atoms with E-state index in [0.29, 0.717) is 5.69 Å². The van der Waals surface area contributed by atoms with Gasteiger partial charge in [-0.05, 0) is 29.3 Å². The predicted octanol–water partition coefficient (Wildman–Crippen LogP) is 4.52. The molecule has 1 aliphatic rings. The Balaban J connectivity index is 1.58. The predicted molar refractivity (Wildman–Crippen MR) is 90.4 cm³/mol. The minimum atomic E-state index is -0.533. The molecule has 1 aliphatic heterocycles. The maximum Gasteiger partial charge on any atom is 0.135 e. The van der Waals surface area contributed by atoms with Crippen LogP contribution in [0.2, 0.25) is 0 Å². The summed E-state index contributed by atoms with van der Waals surface area (Å²) in [5, 5.41) is 0. The molecule has 2 aromatic carbocycles. The fraction of sp³-hybridized carbons (Fsp3) is 0.200. The number of H-pyrrole nitrogens is 1. The van der Waals surface area contributed by atoms with Gasteiger partial charge in [0.05, 0.1) is 11.3 Å². The Morgan fingerprint density at radius 1 is 0.958 bits per heavy atom. The van der Waals surface area contributed by atoms with Gasteiger partial charge >= 0.3 is 0 Å². The molecule has 4 rings (SSSR count). The first-order valence-corrected chi connectivity index (χ1v) is 8.12. The van der Waals surface area contributed by atoms with E-state index in [0.717, 1.165) is 37.3 Å². The number of aromatic amines is 1. The Labute approximate surface area is 139 Å². The molecular formula is C20H18F2N2. The number of rotatable bonds is 3. The Hall–Kier alpha value is -2.46. The van der Waals surface area contributed by atoms with E-state index in [-0.39, 0.29) is 5.56 Å². The fourth-order valence-electron chi connectivity index (χ4n) is 3.36. The minimum absolute atomic E-state index is 0.0292. The molecule has 0 bridgehead atoms. The molecule has 2 heterocycles. The third kappa shape index (κ3) is 2.85. The van der Waals surface area contributed by atoms with Gasteiger partial charge in [-0.1, -0.05) is 36.4 Å². The lowest BCUT2D eigenvalue weighted by Gasteiger charge is -2.26. The molecule has 0 radical (unpaired) electrons. The SMILES string of the molecule is Fc1cccc(F)c1-c1cc2c([nH]1)CCN(Cc1ccccc1)C2. The standard InChI is InChI=1S/C20H18F2N2/c21-16-7-4-8-17(22)20(16)19-11-15-13-24(10-9-18(15)23-19)12-14-5-2-1-3-6-14/h1-8,11,23H,9-10,12-13H2. The normalized spacial score (nSPS) is 14.6. The van der Waals surface area contributed by atoms with Crippen LogP contribution in [0, 0.1) is 11.6 Å². The topological polar surface area (TPSA) is 19.0 Å². The molecule has 3 aromatic rings. The van der Waals surface area contributed by atoms with Crippen molar-refractivity contribution in [3.63, 3.8) is 0 Å². The molecule has 0 saturated carbocycles. The maximum absolute atomic E-state index is 14.0. The van der Waals surface area contributed by atoms with Gasteiger partial charge in [-0.25, -0.2) is 8.78 Å². The number of halogens is 2. The van der Waals surface area contributed by atoms with E-state index in [1.807, 2.05) is 24.3 Å². The highest BCUT2D eigenvalue weighted by Gasteiger charge is 2.21. The number of hydrogen-bond donors (Lipinski definition) is 1. The van der Waals surface area contributed by atoms with Crippen LogP contribution in [0.1, 0.15) is 16.8 Å². The van der Waals surface area contributed by atoms with Gasteiger partial charge in [0.15, 0.2) is 0 Å². The second kappa shape index (κ2) is 6.21. The molecule has 24 heavy (non-hydrogen) atoms. The summed E-state index contributed by atoms with van der Waals surface area (Å²) >= 11 is 0. The highest BCUT2D eigenvalue weighted by atomic mass is 19.1. The van der Waals surface area contributed by atoms with E-state index in [4.69, 9.17) is 0 Å². The second-order valence-corrected chi connectivity index (χ2v) is 6.23. The molecule has 0 amide bonds. The molecule has 1 aromatic heterocycles. The first-order chi connectivity index (χ1) is 11.7. The number of nitrogens with one attached hydrogen (secondary N) is 1. The van der Waals surface area contributed by atoms with Crippen molar-refractivity contribution >= 4 is 0 Å². The van der Waals surface area contributed by atoms with Crippen molar-refractivity contribution in [2.75, 3.05) is 6.54 Å². The molecule has 0 fully saturated rings. The fourth-order valence-corrected chi connectivity index (χ4v) is 3.36. The zero-order valence-electron chi connectivity index (χ0n) is 13.2. The summed E-state index contributed by atoms with van der Waals surface area (Å²) in [7, 11) is 0. The molecule has 122 valence electrons. The van der Waals surface area contributed by atoms with Crippen molar-refractivity contribution < 1.29 is 8.78 Å². The molecule has 0 unspecified atom stereocenters. The highest BCUT2D eigenvalue weighted by molar-refractivity contribution is 5.63. The van der Waals surface area contributed by atoms with Gasteiger partial charge in [-0.2, -0.15) is 0 Å². The molecule has 0 aliphatic carbocycles. The molecule has 0 saturated heterocycles. The zero-order chi connectivity index (χ0) is 16.5. The van der Waals surface area contributed by atoms with E-state index >= 15 is 0 Å². The lowest BCUT2D eigenvalue weighted by Crippen LogP contribution is -2.29. The summed E-state index contributed by atoms with van der Waals surface area (Å²) in [6.45, 7) is 2.60. The van der Waals surface area contributed by atoms with Crippen LogP contribution >= 0.6 is 0 Å². The van der Waals surface area contributed by atoms with Gasteiger partial charge < -0.3 is 4.98 Å². The Morgan fingerprint density at radius 3 is 2.46 bits per heavy atom. The van der Waals surface area contributed by atoms with E-state index in [2.05, 4.69) is 22.0 Å². The van der Waals surface area contributed by atoms with Crippen molar-refractivity contribution in [3.8, 4) is 11.3 Å². The first-order valence-electron chi connectivity index (χ1n) is 8.12. The monoisotopic (exact) mass is 324 g/mol. The van der Waals surface area contributed by atoms with Crippen LogP contribution in [0.5, 0.6) is 0 Å². The third-order valence-electron chi connectivity index (χ3n) is 4.54. The summed E-state index contributed by atoms with van der Waals surface area (Å²) < 4.78 is 28.0. The van der Waals surface area contributed by atoms with Gasteiger partial charge in [-0.15, -0.1) is 0 Å². The quantitative estimate of drug-likeness (QED) is 0.750. The number of fused-ring (bicyclic) bond motifs is 1. The number of nitrogens with zero attached hydrogens (tertiary/aromatic N) is 1. The lowest BCUT2D eigenvalue weighted by atomic mass is 10.1. The van der Waals surface area contributed by atoms with Crippen molar-refractivity contribution in [2.24, 2.45) is 0 Å². The molecule has 1 N–H and O–H groups in total. The third-order valence-corrected chi connectivity index (χ3v) is 4.54. The lowest BCUT2D eigenvalue weighted by molar-refractivity contribution is 0.245. The minimum Gasteiger partial charge on any atom is -0.358 e. The van der Waals surface area contributed by atoms with Crippen molar-refractivity contribution in [1.29, 1.82) is 0 Å². The van der Waals surface area contributed by atoms with E-state index in [9.17, 15) is 8.78 Å². The van der Waals surface area contributed by atoms with Gasteiger partial charge in [-0.3, -0.25) is 4.90 Å². The van der Waals surface area contributed by atoms with Gasteiger partial charge in [0, 0.05) is 31.7 Å². The van der Waals surface area contributed by atoms with Gasteiger partial charge in [0.2, 0.25) is 0 Å². The smallest absolute Gasteiger partial charge is 0.135 e. The molecular weight excluding hydrogens is 306 g/mol. The Bertz CT molecular complexity index is 835. The number of aromatic nitrogens is 1. The second-order valence-electron chi connectivity index (χ2n) is 6.23. The van der Waals surface area contributed by atoms with E-state index < -0.39 is 11.6 Å².